The first-order valence-electron chi connectivity index (χ1n) is 14.3. The highest BCUT2D eigenvalue weighted by atomic mass is 32.1. The first-order valence-corrected chi connectivity index (χ1v) is 18.5. The summed E-state index contributed by atoms with van der Waals surface area (Å²) in [7, 11) is -1.24. The number of aromatic nitrogens is 2. The topological polar surface area (TPSA) is 56.1 Å². The number of thiocarbonyl (C=S) groups is 1. The Labute approximate surface area is 243 Å². The van der Waals surface area contributed by atoms with Crippen LogP contribution in [0.15, 0.2) is 77.6 Å². The summed E-state index contributed by atoms with van der Waals surface area (Å²) in [6.45, 7) is 7.83. The summed E-state index contributed by atoms with van der Waals surface area (Å²) < 4.78 is 7.81. The van der Waals surface area contributed by atoms with Crippen LogP contribution >= 0.6 is 12.2 Å². The molecule has 0 saturated heterocycles. The number of hydrogen-bond acceptors (Lipinski definition) is 4. The molecule has 1 heterocycles. The van der Waals surface area contributed by atoms with Crippen LogP contribution in [0.2, 0.25) is 25.7 Å². The van der Waals surface area contributed by atoms with E-state index in [2.05, 4.69) is 43.2 Å². The molecule has 40 heavy (non-hydrogen) atoms. The number of hydrogen-bond donors (Lipinski definition) is 1. The van der Waals surface area contributed by atoms with E-state index in [-0.39, 0.29) is 12.3 Å². The summed E-state index contributed by atoms with van der Waals surface area (Å²) >= 11 is 5.98. The van der Waals surface area contributed by atoms with Crippen molar-refractivity contribution in [3.05, 3.63) is 99.8 Å². The van der Waals surface area contributed by atoms with E-state index >= 15 is 0 Å². The zero-order chi connectivity index (χ0) is 28.1. The second-order valence-corrected chi connectivity index (χ2v) is 18.0. The Morgan fingerprint density at radius 1 is 1.00 bits per heavy atom. The molecule has 0 amide bonds. The first kappa shape index (κ1) is 28.4. The van der Waals surface area contributed by atoms with Crippen molar-refractivity contribution in [2.75, 3.05) is 6.61 Å². The molecule has 5 rings (SSSR count). The van der Waals surface area contributed by atoms with Gasteiger partial charge in [-0.15, -0.1) is 0 Å². The smallest absolute Gasteiger partial charge is 0.279 e. The summed E-state index contributed by atoms with van der Waals surface area (Å²) in [6.07, 6.45) is 5.40. The SMILES string of the molecule is C[Si](C)(C)CCOCn1c(=O)c(-c2cccc(C(=S)NC3CCCC3)c2Cc2ccccc2)nc2ccccc21. The van der Waals surface area contributed by atoms with Crippen molar-refractivity contribution in [2.24, 2.45) is 0 Å². The fourth-order valence-electron chi connectivity index (χ4n) is 5.38. The molecule has 1 fully saturated rings. The van der Waals surface area contributed by atoms with Crippen molar-refractivity contribution < 1.29 is 4.74 Å². The van der Waals surface area contributed by atoms with Crippen molar-refractivity contribution in [1.82, 2.24) is 14.9 Å². The molecule has 0 spiro atoms. The van der Waals surface area contributed by atoms with Crippen LogP contribution in [0.4, 0.5) is 0 Å². The molecule has 0 atom stereocenters. The third kappa shape index (κ3) is 6.77. The summed E-state index contributed by atoms with van der Waals surface area (Å²) in [4.78, 5) is 19.8. The van der Waals surface area contributed by atoms with Crippen LogP contribution in [0.25, 0.3) is 22.3 Å². The average Bonchev–Trinajstić information content (AvgIpc) is 3.45. The first-order chi connectivity index (χ1) is 19.3. The Balaban J connectivity index is 1.60. The fourth-order valence-corrected chi connectivity index (χ4v) is 6.49. The third-order valence-electron chi connectivity index (χ3n) is 7.66. The Kier molecular flexibility index (Phi) is 8.93. The minimum atomic E-state index is -1.24. The number of nitrogens with one attached hydrogen (secondary N) is 1. The molecular weight excluding hydrogens is 531 g/mol. The molecule has 0 radical (unpaired) electrons. The maximum Gasteiger partial charge on any atom is 0.279 e. The highest BCUT2D eigenvalue weighted by molar-refractivity contribution is 7.80. The van der Waals surface area contributed by atoms with Crippen LogP contribution in [0.5, 0.6) is 0 Å². The molecule has 0 unspecified atom stereocenters. The van der Waals surface area contributed by atoms with E-state index in [9.17, 15) is 4.79 Å². The molecule has 3 aromatic carbocycles. The van der Waals surface area contributed by atoms with Crippen LogP contribution in [0, 0.1) is 0 Å². The highest BCUT2D eigenvalue weighted by Crippen LogP contribution is 2.28. The molecule has 1 N–H and O–H groups in total. The lowest BCUT2D eigenvalue weighted by molar-refractivity contribution is 0.0879. The molecule has 0 aliphatic heterocycles. The second-order valence-electron chi connectivity index (χ2n) is 12.0. The zero-order valence-electron chi connectivity index (χ0n) is 23.8. The predicted molar refractivity (Wildman–Crippen MR) is 172 cm³/mol. The van der Waals surface area contributed by atoms with Gasteiger partial charge < -0.3 is 10.1 Å². The number of fused-ring (bicyclic) bond motifs is 1. The fraction of sp³-hybridized carbons (Fsp3) is 0.364. The number of ether oxygens (including phenoxy) is 1. The molecule has 1 saturated carbocycles. The third-order valence-corrected chi connectivity index (χ3v) is 9.70. The van der Waals surface area contributed by atoms with E-state index in [0.29, 0.717) is 24.8 Å². The van der Waals surface area contributed by atoms with Crippen LogP contribution in [-0.4, -0.2) is 35.3 Å². The zero-order valence-corrected chi connectivity index (χ0v) is 25.6. The Morgan fingerprint density at radius 3 is 2.48 bits per heavy atom. The molecule has 1 aliphatic rings. The van der Waals surface area contributed by atoms with Gasteiger partial charge in [-0.25, -0.2) is 4.98 Å². The molecule has 1 aliphatic carbocycles. The normalized spacial score (nSPS) is 14.1. The molecular formula is C33H39N3O2SSi. The van der Waals surface area contributed by atoms with Gasteiger partial charge in [-0.3, -0.25) is 9.36 Å². The number of benzene rings is 3. The Hall–Kier alpha value is -3.13. The van der Waals surface area contributed by atoms with Crippen molar-refractivity contribution in [3.63, 3.8) is 0 Å². The van der Waals surface area contributed by atoms with Crippen molar-refractivity contribution in [3.8, 4) is 11.3 Å². The van der Waals surface area contributed by atoms with Gasteiger partial charge in [-0.05, 0) is 48.6 Å². The second kappa shape index (κ2) is 12.6. The minimum absolute atomic E-state index is 0.146. The molecule has 4 aromatic rings. The van der Waals surface area contributed by atoms with Gasteiger partial charge in [0, 0.05) is 31.8 Å². The van der Waals surface area contributed by atoms with Crippen LogP contribution < -0.4 is 10.9 Å². The van der Waals surface area contributed by atoms with Gasteiger partial charge in [0.25, 0.3) is 5.56 Å². The summed E-state index contributed by atoms with van der Waals surface area (Å²) in [5, 5.41) is 3.61. The average molecular weight is 570 g/mol. The predicted octanol–water partition coefficient (Wildman–Crippen LogP) is 7.17. The monoisotopic (exact) mass is 569 g/mol. The molecule has 0 bridgehead atoms. The Bertz CT molecular complexity index is 1540. The van der Waals surface area contributed by atoms with Gasteiger partial charge in [-0.2, -0.15) is 0 Å². The van der Waals surface area contributed by atoms with Gasteiger partial charge in [-0.1, -0.05) is 105 Å². The van der Waals surface area contributed by atoms with E-state index in [1.807, 2.05) is 54.6 Å². The molecule has 208 valence electrons. The van der Waals surface area contributed by atoms with Crippen molar-refractivity contribution in [1.29, 1.82) is 0 Å². The van der Waals surface area contributed by atoms with Gasteiger partial charge in [0.2, 0.25) is 0 Å². The van der Waals surface area contributed by atoms with Gasteiger partial charge in [0.05, 0.1) is 11.0 Å². The van der Waals surface area contributed by atoms with E-state index < -0.39 is 8.07 Å². The van der Waals surface area contributed by atoms with Gasteiger partial charge >= 0.3 is 0 Å². The molecule has 7 heteroatoms. The standard InChI is InChI=1S/C33H39N3O2SSi/c1-40(2,3)21-20-38-23-36-30-19-10-9-18-29(30)35-31(33(36)37)26-16-11-17-27(32(39)34-25-14-7-8-15-25)28(26)22-24-12-5-4-6-13-24/h4-6,9-13,16-19,25H,7-8,14-15,20-23H2,1-3H3,(H,34,39). The quantitative estimate of drug-likeness (QED) is 0.125. The van der Waals surface area contributed by atoms with Crippen LogP contribution in [-0.2, 0) is 17.9 Å². The number of rotatable bonds is 10. The molecule has 5 nitrogen and oxygen atoms in total. The van der Waals surface area contributed by atoms with E-state index in [4.69, 9.17) is 21.9 Å². The lowest BCUT2D eigenvalue weighted by Crippen LogP contribution is -2.32. The largest absolute Gasteiger partial charge is 0.373 e. The maximum absolute atomic E-state index is 14.1. The summed E-state index contributed by atoms with van der Waals surface area (Å²) in [6, 6.07) is 25.7. The highest BCUT2D eigenvalue weighted by Gasteiger charge is 2.22. The summed E-state index contributed by atoms with van der Waals surface area (Å²) in [5.74, 6) is 0. The van der Waals surface area contributed by atoms with E-state index in [1.165, 1.54) is 12.8 Å². The van der Waals surface area contributed by atoms with Gasteiger partial charge in [0.15, 0.2) is 0 Å². The Morgan fingerprint density at radius 2 is 1.73 bits per heavy atom. The summed E-state index contributed by atoms with van der Waals surface area (Å²) in [5.41, 5.74) is 5.82. The van der Waals surface area contributed by atoms with Crippen molar-refractivity contribution in [2.45, 2.75) is 70.6 Å². The van der Waals surface area contributed by atoms with E-state index in [0.717, 1.165) is 57.2 Å². The van der Waals surface area contributed by atoms with Crippen LogP contribution in [0.1, 0.15) is 42.4 Å². The lowest BCUT2D eigenvalue weighted by atomic mass is 9.92. The van der Waals surface area contributed by atoms with Crippen LogP contribution in [0.3, 0.4) is 0 Å². The van der Waals surface area contributed by atoms with Crippen molar-refractivity contribution >= 4 is 36.3 Å². The molecule has 1 aromatic heterocycles. The van der Waals surface area contributed by atoms with E-state index in [1.54, 1.807) is 4.57 Å². The number of nitrogens with zero attached hydrogens (tertiary/aromatic N) is 2. The lowest BCUT2D eigenvalue weighted by Gasteiger charge is -2.20. The maximum atomic E-state index is 14.1. The number of para-hydroxylation sites is 2. The van der Waals surface area contributed by atoms with Gasteiger partial charge in [0.1, 0.15) is 17.4 Å². The minimum Gasteiger partial charge on any atom is -0.373 e.